The molecule has 4 heteroatoms. The second-order valence-electron chi connectivity index (χ2n) is 2.67. The maximum atomic E-state index is 9.15. The molecule has 0 saturated heterocycles. The van der Waals surface area contributed by atoms with Gasteiger partial charge in [-0.1, -0.05) is 11.6 Å². The Labute approximate surface area is 76.2 Å². The van der Waals surface area contributed by atoms with E-state index < -0.39 is 12.1 Å². The number of nitrogens with zero attached hydrogens (tertiary/aromatic N) is 1. The fourth-order valence-corrected chi connectivity index (χ4v) is 0.943. The van der Waals surface area contributed by atoms with Crippen LogP contribution < -0.4 is 5.73 Å². The summed E-state index contributed by atoms with van der Waals surface area (Å²) in [7, 11) is 0. The molecular weight excluding hydrogens is 176 g/mol. The van der Waals surface area contributed by atoms with Gasteiger partial charge in [0.05, 0.1) is 22.9 Å². The lowest BCUT2D eigenvalue weighted by Crippen LogP contribution is -2.23. The van der Waals surface area contributed by atoms with Gasteiger partial charge in [0.1, 0.15) is 0 Å². The maximum Gasteiger partial charge on any atom is 0.0730 e. The first kappa shape index (κ1) is 9.45. The Morgan fingerprint density at radius 2 is 2.25 bits per heavy atom. The van der Waals surface area contributed by atoms with Gasteiger partial charge in [0, 0.05) is 6.20 Å². The molecule has 3 nitrogen and oxygen atoms in total. The lowest BCUT2D eigenvalue weighted by atomic mass is 10.1. The van der Waals surface area contributed by atoms with Crippen LogP contribution in [0, 0.1) is 0 Å². The topological polar surface area (TPSA) is 59.1 Å². The van der Waals surface area contributed by atoms with Crippen molar-refractivity contribution in [1.82, 2.24) is 4.98 Å². The van der Waals surface area contributed by atoms with E-state index in [-0.39, 0.29) is 0 Å². The molecule has 0 radical (unpaired) electrons. The SMILES string of the molecule is CC(O)C(N)c1ccc(Cl)cn1. The van der Waals surface area contributed by atoms with Gasteiger partial charge in [0.2, 0.25) is 0 Å². The number of nitrogens with two attached hydrogens (primary N) is 1. The predicted octanol–water partition coefficient (Wildman–Crippen LogP) is 1.12. The third-order valence-corrected chi connectivity index (χ3v) is 1.84. The van der Waals surface area contributed by atoms with Gasteiger partial charge in [-0.3, -0.25) is 4.98 Å². The summed E-state index contributed by atoms with van der Waals surface area (Å²) in [6, 6.07) is 2.97. The molecule has 0 amide bonds. The second kappa shape index (κ2) is 3.85. The Hall–Kier alpha value is -0.640. The van der Waals surface area contributed by atoms with Gasteiger partial charge in [-0.05, 0) is 19.1 Å². The Balaban J connectivity index is 2.82. The average Bonchev–Trinajstić information content (AvgIpc) is 2.04. The second-order valence-corrected chi connectivity index (χ2v) is 3.10. The minimum Gasteiger partial charge on any atom is -0.391 e. The number of hydrogen-bond donors (Lipinski definition) is 2. The van der Waals surface area contributed by atoms with Crippen LogP contribution in [0.3, 0.4) is 0 Å². The van der Waals surface area contributed by atoms with Crippen LogP contribution in [0.15, 0.2) is 18.3 Å². The van der Waals surface area contributed by atoms with Crippen LogP contribution in [0.25, 0.3) is 0 Å². The molecule has 1 rings (SSSR count). The molecule has 1 aromatic heterocycles. The van der Waals surface area contributed by atoms with Crippen molar-refractivity contribution in [3.8, 4) is 0 Å². The number of rotatable bonds is 2. The Morgan fingerprint density at radius 1 is 1.58 bits per heavy atom. The molecule has 0 aromatic carbocycles. The summed E-state index contributed by atoms with van der Waals surface area (Å²) in [5.41, 5.74) is 6.28. The summed E-state index contributed by atoms with van der Waals surface area (Å²) in [5, 5.41) is 9.71. The van der Waals surface area contributed by atoms with Crippen LogP contribution in [0.2, 0.25) is 5.02 Å². The Morgan fingerprint density at radius 3 is 2.67 bits per heavy atom. The Kier molecular flexibility index (Phi) is 3.03. The summed E-state index contributed by atoms with van der Waals surface area (Å²) < 4.78 is 0. The van der Waals surface area contributed by atoms with Crippen molar-refractivity contribution < 1.29 is 5.11 Å². The lowest BCUT2D eigenvalue weighted by molar-refractivity contribution is 0.162. The normalized spacial score (nSPS) is 15.7. The third kappa shape index (κ3) is 2.17. The summed E-state index contributed by atoms with van der Waals surface area (Å²) in [6.45, 7) is 1.63. The van der Waals surface area contributed by atoms with Gasteiger partial charge >= 0.3 is 0 Å². The van der Waals surface area contributed by atoms with Gasteiger partial charge in [-0.2, -0.15) is 0 Å². The molecule has 0 aliphatic carbocycles. The van der Waals surface area contributed by atoms with Crippen LogP contribution in [0.1, 0.15) is 18.7 Å². The van der Waals surface area contributed by atoms with Crippen molar-refractivity contribution in [2.45, 2.75) is 19.1 Å². The quantitative estimate of drug-likeness (QED) is 0.728. The van der Waals surface area contributed by atoms with Gasteiger partial charge in [-0.15, -0.1) is 0 Å². The number of aliphatic hydroxyl groups excluding tert-OH is 1. The molecule has 0 spiro atoms. The molecule has 66 valence electrons. The molecule has 12 heavy (non-hydrogen) atoms. The molecule has 0 saturated carbocycles. The van der Waals surface area contributed by atoms with Crippen molar-refractivity contribution in [2.75, 3.05) is 0 Å². The van der Waals surface area contributed by atoms with Crippen LogP contribution in [-0.4, -0.2) is 16.2 Å². The minimum absolute atomic E-state index is 0.442. The van der Waals surface area contributed by atoms with Crippen molar-refractivity contribution in [2.24, 2.45) is 5.73 Å². The van der Waals surface area contributed by atoms with Gasteiger partial charge in [0.15, 0.2) is 0 Å². The van der Waals surface area contributed by atoms with E-state index >= 15 is 0 Å². The highest BCUT2D eigenvalue weighted by Crippen LogP contribution is 2.13. The predicted molar refractivity (Wildman–Crippen MR) is 47.9 cm³/mol. The fraction of sp³-hybridized carbons (Fsp3) is 0.375. The largest absolute Gasteiger partial charge is 0.391 e. The number of halogens is 1. The fourth-order valence-electron chi connectivity index (χ4n) is 0.832. The zero-order valence-corrected chi connectivity index (χ0v) is 7.49. The van der Waals surface area contributed by atoms with Crippen LogP contribution in [0.4, 0.5) is 0 Å². The minimum atomic E-state index is -0.598. The van der Waals surface area contributed by atoms with E-state index in [9.17, 15) is 0 Å². The maximum absolute atomic E-state index is 9.15. The van der Waals surface area contributed by atoms with E-state index in [2.05, 4.69) is 4.98 Å². The molecule has 2 unspecified atom stereocenters. The molecule has 0 bridgehead atoms. The third-order valence-electron chi connectivity index (χ3n) is 1.61. The molecule has 2 atom stereocenters. The monoisotopic (exact) mass is 186 g/mol. The van der Waals surface area contributed by atoms with E-state index in [1.54, 1.807) is 19.1 Å². The van der Waals surface area contributed by atoms with E-state index in [1.807, 2.05) is 0 Å². The van der Waals surface area contributed by atoms with Crippen LogP contribution in [0.5, 0.6) is 0 Å². The summed E-state index contributed by atoms with van der Waals surface area (Å²) in [6.07, 6.45) is 0.915. The summed E-state index contributed by atoms with van der Waals surface area (Å²) >= 11 is 5.63. The van der Waals surface area contributed by atoms with E-state index in [0.717, 1.165) is 0 Å². The summed E-state index contributed by atoms with van der Waals surface area (Å²) in [4.78, 5) is 3.98. The first-order valence-electron chi connectivity index (χ1n) is 3.66. The smallest absolute Gasteiger partial charge is 0.0730 e. The van der Waals surface area contributed by atoms with Crippen molar-refractivity contribution in [3.05, 3.63) is 29.0 Å². The molecule has 0 aliphatic heterocycles. The highest BCUT2D eigenvalue weighted by molar-refractivity contribution is 6.30. The van der Waals surface area contributed by atoms with Crippen LogP contribution in [-0.2, 0) is 0 Å². The molecule has 0 aliphatic rings. The zero-order chi connectivity index (χ0) is 9.14. The lowest BCUT2D eigenvalue weighted by Gasteiger charge is -2.13. The van der Waals surface area contributed by atoms with Crippen molar-refractivity contribution in [1.29, 1.82) is 0 Å². The number of pyridine rings is 1. The van der Waals surface area contributed by atoms with Crippen LogP contribution >= 0.6 is 11.6 Å². The number of aromatic nitrogens is 1. The highest BCUT2D eigenvalue weighted by atomic mass is 35.5. The van der Waals surface area contributed by atoms with Gasteiger partial charge < -0.3 is 10.8 Å². The average molecular weight is 187 g/mol. The van der Waals surface area contributed by atoms with Crippen molar-refractivity contribution in [3.63, 3.8) is 0 Å². The van der Waals surface area contributed by atoms with Gasteiger partial charge in [0.25, 0.3) is 0 Å². The van der Waals surface area contributed by atoms with E-state index in [4.69, 9.17) is 22.4 Å². The molecular formula is C8H11ClN2O. The molecule has 0 fully saturated rings. The van der Waals surface area contributed by atoms with E-state index in [1.165, 1.54) is 6.20 Å². The number of aliphatic hydroxyl groups is 1. The van der Waals surface area contributed by atoms with Crippen molar-refractivity contribution >= 4 is 11.6 Å². The molecule has 1 aromatic rings. The Bertz CT molecular complexity index is 248. The molecule has 3 N–H and O–H groups in total. The number of hydrogen-bond acceptors (Lipinski definition) is 3. The van der Waals surface area contributed by atoms with Gasteiger partial charge in [-0.25, -0.2) is 0 Å². The zero-order valence-electron chi connectivity index (χ0n) is 6.74. The first-order chi connectivity index (χ1) is 5.61. The highest BCUT2D eigenvalue weighted by Gasteiger charge is 2.12. The summed E-state index contributed by atoms with van der Waals surface area (Å²) in [5.74, 6) is 0. The van der Waals surface area contributed by atoms with E-state index in [0.29, 0.717) is 10.7 Å². The first-order valence-corrected chi connectivity index (χ1v) is 4.04. The standard InChI is InChI=1S/C8H11ClN2O/c1-5(12)8(10)7-3-2-6(9)4-11-7/h2-5,8,12H,10H2,1H3. The molecule has 1 heterocycles.